The highest BCUT2D eigenvalue weighted by atomic mass is 16.5. The highest BCUT2D eigenvalue weighted by molar-refractivity contribution is 5.94. The smallest absolute Gasteiger partial charge is 0.319 e. The Morgan fingerprint density at radius 3 is 2.71 bits per heavy atom. The average Bonchev–Trinajstić information content (AvgIpc) is 2.49. The van der Waals surface area contributed by atoms with Gasteiger partial charge < -0.3 is 20.3 Å². The van der Waals surface area contributed by atoms with Crippen molar-refractivity contribution in [2.24, 2.45) is 0 Å². The van der Waals surface area contributed by atoms with Crippen LogP contribution in [0.3, 0.4) is 0 Å². The summed E-state index contributed by atoms with van der Waals surface area (Å²) in [5, 5.41) is 5.41. The lowest BCUT2D eigenvalue weighted by molar-refractivity contribution is -0.119. The molecule has 1 aliphatic heterocycles. The van der Waals surface area contributed by atoms with Crippen molar-refractivity contribution in [2.45, 2.75) is 19.3 Å². The Kier molecular flexibility index (Phi) is 5.57. The standard InChI is InChI=1S/C15H21N3O3/c1-21-11-9-16-15(20)17-12-5-7-13(8-6-12)18-10-3-2-4-14(18)19/h5-8H,2-4,9-11H2,1H3,(H2,16,17,20). The zero-order valence-corrected chi connectivity index (χ0v) is 12.2. The summed E-state index contributed by atoms with van der Waals surface area (Å²) in [6.07, 6.45) is 2.62. The summed E-state index contributed by atoms with van der Waals surface area (Å²) in [6, 6.07) is 7.04. The fourth-order valence-electron chi connectivity index (χ4n) is 2.25. The van der Waals surface area contributed by atoms with E-state index >= 15 is 0 Å². The molecule has 114 valence electrons. The predicted molar refractivity (Wildman–Crippen MR) is 81.5 cm³/mol. The Morgan fingerprint density at radius 2 is 2.05 bits per heavy atom. The van der Waals surface area contributed by atoms with Crippen molar-refractivity contribution >= 4 is 23.3 Å². The van der Waals surface area contributed by atoms with Crippen LogP contribution in [0.1, 0.15) is 19.3 Å². The third-order valence-electron chi connectivity index (χ3n) is 3.35. The second-order valence-electron chi connectivity index (χ2n) is 4.92. The molecule has 0 atom stereocenters. The maximum atomic E-state index is 11.8. The first-order chi connectivity index (χ1) is 10.2. The van der Waals surface area contributed by atoms with Gasteiger partial charge in [0.25, 0.3) is 0 Å². The monoisotopic (exact) mass is 291 g/mol. The van der Waals surface area contributed by atoms with Crippen LogP contribution in [0.15, 0.2) is 24.3 Å². The fraction of sp³-hybridized carbons (Fsp3) is 0.467. The zero-order chi connectivity index (χ0) is 15.1. The number of piperidine rings is 1. The van der Waals surface area contributed by atoms with E-state index in [0.717, 1.165) is 25.1 Å². The molecule has 2 rings (SSSR count). The molecule has 6 nitrogen and oxygen atoms in total. The van der Waals surface area contributed by atoms with Crippen LogP contribution in [0.4, 0.5) is 16.2 Å². The Balaban J connectivity index is 1.89. The molecule has 1 aliphatic rings. The van der Waals surface area contributed by atoms with Crippen LogP contribution in [-0.2, 0) is 9.53 Å². The van der Waals surface area contributed by atoms with Crippen LogP contribution in [0.25, 0.3) is 0 Å². The van der Waals surface area contributed by atoms with Gasteiger partial charge in [0, 0.05) is 38.0 Å². The lowest BCUT2D eigenvalue weighted by Crippen LogP contribution is -2.35. The number of rotatable bonds is 5. The fourth-order valence-corrected chi connectivity index (χ4v) is 2.25. The SMILES string of the molecule is COCCNC(=O)Nc1ccc(N2CCCCC2=O)cc1. The summed E-state index contributed by atoms with van der Waals surface area (Å²) in [6.45, 7) is 1.70. The van der Waals surface area contributed by atoms with Crippen molar-refractivity contribution < 1.29 is 14.3 Å². The van der Waals surface area contributed by atoms with Crippen molar-refractivity contribution in [3.63, 3.8) is 0 Å². The number of amides is 3. The molecule has 1 heterocycles. The van der Waals surface area contributed by atoms with Gasteiger partial charge in [-0.25, -0.2) is 4.79 Å². The number of anilines is 2. The summed E-state index contributed by atoms with van der Waals surface area (Å²) in [5.74, 6) is 0.166. The number of carbonyl (C=O) groups excluding carboxylic acids is 2. The van der Waals surface area contributed by atoms with Gasteiger partial charge in [-0.05, 0) is 37.1 Å². The van der Waals surface area contributed by atoms with E-state index in [0.29, 0.717) is 25.3 Å². The molecule has 2 N–H and O–H groups in total. The normalized spacial score (nSPS) is 14.9. The van der Waals surface area contributed by atoms with Crippen LogP contribution in [-0.4, -0.2) is 38.7 Å². The van der Waals surface area contributed by atoms with Crippen molar-refractivity contribution in [1.82, 2.24) is 5.32 Å². The summed E-state index contributed by atoms with van der Waals surface area (Å²) in [7, 11) is 1.58. The lowest BCUT2D eigenvalue weighted by atomic mass is 10.1. The van der Waals surface area contributed by atoms with E-state index in [1.165, 1.54) is 0 Å². The molecule has 0 saturated carbocycles. The minimum atomic E-state index is -0.270. The van der Waals surface area contributed by atoms with Crippen molar-refractivity contribution in [3.8, 4) is 0 Å². The first kappa shape index (κ1) is 15.3. The summed E-state index contributed by atoms with van der Waals surface area (Å²) in [5.41, 5.74) is 1.57. The van der Waals surface area contributed by atoms with Gasteiger partial charge in [0.1, 0.15) is 0 Å². The van der Waals surface area contributed by atoms with E-state index in [2.05, 4.69) is 10.6 Å². The molecule has 0 aliphatic carbocycles. The molecule has 21 heavy (non-hydrogen) atoms. The van der Waals surface area contributed by atoms with E-state index < -0.39 is 0 Å². The van der Waals surface area contributed by atoms with Crippen LogP contribution in [0.2, 0.25) is 0 Å². The van der Waals surface area contributed by atoms with E-state index in [4.69, 9.17) is 4.74 Å². The number of carbonyl (C=O) groups is 2. The maximum Gasteiger partial charge on any atom is 0.319 e. The first-order valence-corrected chi connectivity index (χ1v) is 7.15. The average molecular weight is 291 g/mol. The Bertz CT molecular complexity index is 487. The number of urea groups is 1. The molecular formula is C15H21N3O3. The number of nitrogens with one attached hydrogen (secondary N) is 2. The molecule has 1 aromatic carbocycles. The second kappa shape index (κ2) is 7.64. The number of methoxy groups -OCH3 is 1. The highest BCUT2D eigenvalue weighted by Crippen LogP contribution is 2.22. The van der Waals surface area contributed by atoms with Gasteiger partial charge >= 0.3 is 6.03 Å². The number of ether oxygens (including phenoxy) is 1. The van der Waals surface area contributed by atoms with Gasteiger partial charge in [-0.1, -0.05) is 0 Å². The van der Waals surface area contributed by atoms with Gasteiger partial charge in [0.05, 0.1) is 6.61 Å². The molecule has 1 saturated heterocycles. The maximum absolute atomic E-state index is 11.8. The van der Waals surface area contributed by atoms with Crippen molar-refractivity contribution in [3.05, 3.63) is 24.3 Å². The van der Waals surface area contributed by atoms with E-state index in [1.54, 1.807) is 24.1 Å². The minimum Gasteiger partial charge on any atom is -0.383 e. The predicted octanol–water partition coefficient (Wildman–Crippen LogP) is 1.97. The molecule has 0 radical (unpaired) electrons. The molecule has 6 heteroatoms. The first-order valence-electron chi connectivity index (χ1n) is 7.15. The summed E-state index contributed by atoms with van der Waals surface area (Å²) in [4.78, 5) is 25.2. The van der Waals surface area contributed by atoms with E-state index in [1.807, 2.05) is 12.1 Å². The minimum absolute atomic E-state index is 0.166. The topological polar surface area (TPSA) is 70.7 Å². The van der Waals surface area contributed by atoms with Crippen LogP contribution < -0.4 is 15.5 Å². The van der Waals surface area contributed by atoms with Crippen molar-refractivity contribution in [1.29, 1.82) is 0 Å². The number of nitrogens with zero attached hydrogens (tertiary/aromatic N) is 1. The Hall–Kier alpha value is -2.08. The summed E-state index contributed by atoms with van der Waals surface area (Å²) >= 11 is 0. The van der Waals surface area contributed by atoms with Gasteiger partial charge in [-0.2, -0.15) is 0 Å². The molecule has 1 fully saturated rings. The molecule has 0 bridgehead atoms. The van der Waals surface area contributed by atoms with Gasteiger partial charge in [0.15, 0.2) is 0 Å². The number of hydrogen-bond acceptors (Lipinski definition) is 3. The number of benzene rings is 1. The lowest BCUT2D eigenvalue weighted by Gasteiger charge is -2.26. The molecule has 0 spiro atoms. The number of hydrogen-bond donors (Lipinski definition) is 2. The van der Waals surface area contributed by atoms with E-state index in [9.17, 15) is 9.59 Å². The Morgan fingerprint density at radius 1 is 1.29 bits per heavy atom. The Labute approximate surface area is 124 Å². The third-order valence-corrected chi connectivity index (χ3v) is 3.35. The van der Waals surface area contributed by atoms with Gasteiger partial charge in [-0.3, -0.25) is 4.79 Å². The molecular weight excluding hydrogens is 270 g/mol. The molecule has 0 unspecified atom stereocenters. The highest BCUT2D eigenvalue weighted by Gasteiger charge is 2.19. The summed E-state index contributed by atoms with van der Waals surface area (Å²) < 4.78 is 4.86. The zero-order valence-electron chi connectivity index (χ0n) is 12.2. The van der Waals surface area contributed by atoms with E-state index in [-0.39, 0.29) is 11.9 Å². The molecule has 1 aromatic rings. The second-order valence-corrected chi connectivity index (χ2v) is 4.92. The molecule has 0 aromatic heterocycles. The third kappa shape index (κ3) is 4.46. The van der Waals surface area contributed by atoms with Crippen LogP contribution in [0, 0.1) is 0 Å². The quantitative estimate of drug-likeness (QED) is 0.815. The largest absolute Gasteiger partial charge is 0.383 e. The van der Waals surface area contributed by atoms with Gasteiger partial charge in [0.2, 0.25) is 5.91 Å². The van der Waals surface area contributed by atoms with Crippen LogP contribution in [0.5, 0.6) is 0 Å². The van der Waals surface area contributed by atoms with Crippen LogP contribution >= 0.6 is 0 Å². The van der Waals surface area contributed by atoms with Crippen molar-refractivity contribution in [2.75, 3.05) is 37.0 Å². The van der Waals surface area contributed by atoms with Gasteiger partial charge in [-0.15, -0.1) is 0 Å². The molecule has 3 amide bonds.